The van der Waals surface area contributed by atoms with E-state index in [0.717, 1.165) is 5.92 Å². The number of allylic oxidation sites excluding steroid dienone is 2. The fourth-order valence-electron chi connectivity index (χ4n) is 0.945. The zero-order chi connectivity index (χ0) is 7.11. The van der Waals surface area contributed by atoms with Gasteiger partial charge in [-0.25, -0.2) is 0 Å². The standard InChI is InChI=1S/C7H12.CH2O/c1-7-5-3-2-4-6-7;1-2/h2-3,7H,4-6H2,1H3;1H2. The Kier molecular flexibility index (Phi) is 5.18. The molecule has 9 heavy (non-hydrogen) atoms. The summed E-state index contributed by atoms with van der Waals surface area (Å²) in [4.78, 5) is 8.00. The lowest BCUT2D eigenvalue weighted by molar-refractivity contribution is -0.0979. The first kappa shape index (κ1) is 8.41. The second-order valence-electron chi connectivity index (χ2n) is 2.39. The zero-order valence-electron chi connectivity index (χ0n) is 5.97. The third-order valence-electron chi connectivity index (χ3n) is 1.53. The fraction of sp³-hybridized carbons (Fsp3) is 0.625. The second-order valence-corrected chi connectivity index (χ2v) is 2.39. The molecule has 0 fully saturated rings. The number of carbonyl (C=O) groups is 1. The molecule has 0 aromatic carbocycles. The fourth-order valence-corrected chi connectivity index (χ4v) is 0.945. The Hall–Kier alpha value is -0.590. The molecule has 0 amide bonds. The third kappa shape index (κ3) is 3.95. The summed E-state index contributed by atoms with van der Waals surface area (Å²) in [6.45, 7) is 4.31. The van der Waals surface area contributed by atoms with Crippen LogP contribution in [-0.4, -0.2) is 6.79 Å². The van der Waals surface area contributed by atoms with Crippen LogP contribution in [0, 0.1) is 5.92 Å². The van der Waals surface area contributed by atoms with Crippen molar-refractivity contribution in [2.75, 3.05) is 0 Å². The third-order valence-corrected chi connectivity index (χ3v) is 1.53. The van der Waals surface area contributed by atoms with Gasteiger partial charge in [-0.15, -0.1) is 0 Å². The first-order valence-corrected chi connectivity index (χ1v) is 3.33. The summed E-state index contributed by atoms with van der Waals surface area (Å²) >= 11 is 0. The number of hydrogen-bond acceptors (Lipinski definition) is 1. The molecule has 0 N–H and O–H groups in total. The largest absolute Gasteiger partial charge is 0.307 e. The molecule has 1 rings (SSSR count). The minimum absolute atomic E-state index is 0.949. The van der Waals surface area contributed by atoms with Gasteiger partial charge in [0.15, 0.2) is 0 Å². The molecule has 0 radical (unpaired) electrons. The van der Waals surface area contributed by atoms with E-state index in [1.54, 1.807) is 0 Å². The van der Waals surface area contributed by atoms with E-state index in [9.17, 15) is 0 Å². The molecule has 1 aliphatic carbocycles. The Morgan fingerprint density at radius 2 is 2.11 bits per heavy atom. The molecular formula is C8H14O. The van der Waals surface area contributed by atoms with E-state index >= 15 is 0 Å². The lowest BCUT2D eigenvalue weighted by Crippen LogP contribution is -1.94. The maximum absolute atomic E-state index is 8.00. The van der Waals surface area contributed by atoms with Crippen LogP contribution in [0.3, 0.4) is 0 Å². The van der Waals surface area contributed by atoms with E-state index in [4.69, 9.17) is 4.79 Å². The molecule has 1 heteroatoms. The summed E-state index contributed by atoms with van der Waals surface area (Å²) < 4.78 is 0. The van der Waals surface area contributed by atoms with Gasteiger partial charge in [-0.1, -0.05) is 19.1 Å². The van der Waals surface area contributed by atoms with Crippen LogP contribution in [0.4, 0.5) is 0 Å². The molecule has 0 spiro atoms. The molecule has 0 bridgehead atoms. The average Bonchev–Trinajstić information content (AvgIpc) is 1.94. The Morgan fingerprint density at radius 3 is 2.33 bits per heavy atom. The van der Waals surface area contributed by atoms with Crippen molar-refractivity contribution in [2.45, 2.75) is 26.2 Å². The average molecular weight is 126 g/mol. The second kappa shape index (κ2) is 5.54. The Bertz CT molecular complexity index is 86.6. The van der Waals surface area contributed by atoms with Gasteiger partial charge in [0, 0.05) is 0 Å². The number of hydrogen-bond donors (Lipinski definition) is 0. The van der Waals surface area contributed by atoms with Gasteiger partial charge in [-0.3, -0.25) is 0 Å². The molecule has 0 heterocycles. The van der Waals surface area contributed by atoms with Gasteiger partial charge in [-0.2, -0.15) is 0 Å². The van der Waals surface area contributed by atoms with E-state index in [1.807, 2.05) is 6.79 Å². The lowest BCUT2D eigenvalue weighted by atomic mass is 9.97. The monoisotopic (exact) mass is 126 g/mol. The SMILES string of the molecule is C=O.CC1CC=CCC1. The van der Waals surface area contributed by atoms with Crippen LogP contribution in [0.25, 0.3) is 0 Å². The Labute approximate surface area is 56.8 Å². The van der Waals surface area contributed by atoms with Crippen LogP contribution in [0.2, 0.25) is 0 Å². The molecule has 1 unspecified atom stereocenters. The van der Waals surface area contributed by atoms with Gasteiger partial charge < -0.3 is 4.79 Å². The van der Waals surface area contributed by atoms with Gasteiger partial charge in [0.1, 0.15) is 6.79 Å². The highest BCUT2D eigenvalue weighted by molar-refractivity contribution is 5.10. The van der Waals surface area contributed by atoms with Gasteiger partial charge in [0.05, 0.1) is 0 Å². The molecule has 1 aliphatic rings. The van der Waals surface area contributed by atoms with E-state index < -0.39 is 0 Å². The van der Waals surface area contributed by atoms with Crippen LogP contribution < -0.4 is 0 Å². The maximum Gasteiger partial charge on any atom is 0.106 e. The van der Waals surface area contributed by atoms with Gasteiger partial charge >= 0.3 is 0 Å². The number of carbonyl (C=O) groups excluding carboxylic acids is 1. The summed E-state index contributed by atoms with van der Waals surface area (Å²) in [7, 11) is 0. The zero-order valence-corrected chi connectivity index (χ0v) is 5.97. The molecular weight excluding hydrogens is 112 g/mol. The van der Waals surface area contributed by atoms with Crippen LogP contribution in [-0.2, 0) is 4.79 Å². The topological polar surface area (TPSA) is 17.1 Å². The molecule has 0 aliphatic heterocycles. The van der Waals surface area contributed by atoms with E-state index in [1.165, 1.54) is 19.3 Å². The van der Waals surface area contributed by atoms with Crippen molar-refractivity contribution in [1.82, 2.24) is 0 Å². The van der Waals surface area contributed by atoms with Crippen LogP contribution in [0.1, 0.15) is 26.2 Å². The summed E-state index contributed by atoms with van der Waals surface area (Å²) in [5.74, 6) is 0.949. The first-order valence-electron chi connectivity index (χ1n) is 3.33. The molecule has 1 nitrogen and oxygen atoms in total. The summed E-state index contributed by atoms with van der Waals surface area (Å²) in [6, 6.07) is 0. The Balaban J connectivity index is 0.000000291. The van der Waals surface area contributed by atoms with E-state index in [0.29, 0.717) is 0 Å². The van der Waals surface area contributed by atoms with Crippen molar-refractivity contribution < 1.29 is 4.79 Å². The normalized spacial score (nSPS) is 24.3. The highest BCUT2D eigenvalue weighted by Crippen LogP contribution is 2.15. The highest BCUT2D eigenvalue weighted by atomic mass is 16.1. The molecule has 0 saturated carbocycles. The van der Waals surface area contributed by atoms with Crippen LogP contribution >= 0.6 is 0 Å². The smallest absolute Gasteiger partial charge is 0.106 e. The molecule has 0 aromatic rings. The van der Waals surface area contributed by atoms with Crippen molar-refractivity contribution >= 4 is 6.79 Å². The van der Waals surface area contributed by atoms with Crippen molar-refractivity contribution in [3.05, 3.63) is 12.2 Å². The van der Waals surface area contributed by atoms with Gasteiger partial charge in [0.25, 0.3) is 0 Å². The van der Waals surface area contributed by atoms with Crippen molar-refractivity contribution in [2.24, 2.45) is 5.92 Å². The minimum atomic E-state index is 0.949. The molecule has 0 aromatic heterocycles. The van der Waals surface area contributed by atoms with Gasteiger partial charge in [0.2, 0.25) is 0 Å². The van der Waals surface area contributed by atoms with Crippen molar-refractivity contribution in [1.29, 1.82) is 0 Å². The quantitative estimate of drug-likeness (QED) is 0.455. The number of rotatable bonds is 0. The van der Waals surface area contributed by atoms with E-state index in [-0.39, 0.29) is 0 Å². The lowest BCUT2D eigenvalue weighted by Gasteiger charge is -2.09. The van der Waals surface area contributed by atoms with Crippen molar-refractivity contribution in [3.63, 3.8) is 0 Å². The molecule has 52 valence electrons. The summed E-state index contributed by atoms with van der Waals surface area (Å²) in [5, 5.41) is 0. The summed E-state index contributed by atoms with van der Waals surface area (Å²) in [5.41, 5.74) is 0. The summed E-state index contributed by atoms with van der Waals surface area (Å²) in [6.07, 6.45) is 8.58. The molecule has 1 atom stereocenters. The van der Waals surface area contributed by atoms with E-state index in [2.05, 4.69) is 19.1 Å². The van der Waals surface area contributed by atoms with Crippen molar-refractivity contribution in [3.8, 4) is 0 Å². The predicted molar refractivity (Wildman–Crippen MR) is 39.3 cm³/mol. The molecule has 0 saturated heterocycles. The first-order chi connectivity index (χ1) is 4.39. The van der Waals surface area contributed by atoms with Gasteiger partial charge in [-0.05, 0) is 25.2 Å². The van der Waals surface area contributed by atoms with Crippen LogP contribution in [0.15, 0.2) is 12.2 Å². The highest BCUT2D eigenvalue weighted by Gasteiger charge is 2.00. The maximum atomic E-state index is 8.00. The minimum Gasteiger partial charge on any atom is -0.307 e. The Morgan fingerprint density at radius 1 is 1.44 bits per heavy atom. The predicted octanol–water partition coefficient (Wildman–Crippen LogP) is 2.18. The van der Waals surface area contributed by atoms with Crippen LogP contribution in [0.5, 0.6) is 0 Å².